The van der Waals surface area contributed by atoms with Gasteiger partial charge in [0.2, 0.25) is 11.8 Å². The number of rotatable bonds is 37. The van der Waals surface area contributed by atoms with Gasteiger partial charge < -0.3 is 30.2 Å². The average Bonchev–Trinajstić information content (AvgIpc) is 3.36. The van der Waals surface area contributed by atoms with E-state index < -0.39 is 0 Å². The van der Waals surface area contributed by atoms with Gasteiger partial charge in [-0.15, -0.1) is 0 Å². The highest BCUT2D eigenvalue weighted by molar-refractivity contribution is 5.75. The molecule has 4 N–H and O–H groups in total. The Morgan fingerprint density at radius 3 is 0.806 bits per heavy atom. The number of carbonyl (C=O) groups excluding carboxylic acids is 2. The number of aromatic hydroxyl groups is 4. The van der Waals surface area contributed by atoms with Crippen molar-refractivity contribution in [3.63, 3.8) is 0 Å². The smallest absolute Gasteiger partial charge is 0.219 e. The van der Waals surface area contributed by atoms with Crippen LogP contribution in [0.3, 0.4) is 0 Å². The van der Waals surface area contributed by atoms with Crippen LogP contribution in [0.5, 0.6) is 23.0 Å². The number of benzene rings is 4. The number of aryl methyl sites for hydroxylation is 8. The van der Waals surface area contributed by atoms with Gasteiger partial charge in [0.05, 0.1) is 0 Å². The number of hydrogen-bond donors (Lipinski definition) is 4. The zero-order valence-electron chi connectivity index (χ0n) is 45.8. The maximum Gasteiger partial charge on any atom is 0.219 e. The molecule has 0 radical (unpaired) electrons. The number of phenolic OH excluding ortho intramolecular Hbond substituents is 4. The number of unbranched alkanes of at least 4 members (excludes halogenated alkanes) is 12. The van der Waals surface area contributed by atoms with Crippen molar-refractivity contribution >= 4 is 11.8 Å². The summed E-state index contributed by atoms with van der Waals surface area (Å²) in [5.74, 6) is 1.34. The lowest BCUT2D eigenvalue weighted by atomic mass is 9.94. The van der Waals surface area contributed by atoms with Crippen LogP contribution in [0.4, 0.5) is 0 Å². The van der Waals surface area contributed by atoms with Gasteiger partial charge in [0, 0.05) is 39.0 Å². The Morgan fingerprint density at radius 1 is 0.361 bits per heavy atom. The molecule has 0 aliphatic heterocycles. The van der Waals surface area contributed by atoms with Crippen LogP contribution < -0.4 is 0 Å². The topological polar surface area (TPSA) is 122 Å². The number of phenols is 4. The fourth-order valence-corrected chi connectivity index (χ4v) is 10.6. The van der Waals surface area contributed by atoms with Gasteiger partial charge in [-0.1, -0.05) is 153 Å². The van der Waals surface area contributed by atoms with Crippen molar-refractivity contribution in [3.8, 4) is 23.0 Å². The van der Waals surface area contributed by atoms with E-state index in [0.717, 1.165) is 199 Å². The molecule has 4 aromatic rings. The molecule has 72 heavy (non-hydrogen) atoms. The summed E-state index contributed by atoms with van der Waals surface area (Å²) < 4.78 is 0. The predicted octanol–water partition coefficient (Wildman–Crippen LogP) is 15.3. The first-order valence-electron chi connectivity index (χ1n) is 28.6. The van der Waals surface area contributed by atoms with E-state index in [0.29, 0.717) is 36.1 Å². The molecule has 8 nitrogen and oxygen atoms in total. The molecule has 0 saturated heterocycles. The zero-order chi connectivity index (χ0) is 52.1. The summed E-state index contributed by atoms with van der Waals surface area (Å²) >= 11 is 0. The molecule has 2 amide bonds. The van der Waals surface area contributed by atoms with E-state index in [2.05, 4.69) is 52.0 Å². The second-order valence-corrected chi connectivity index (χ2v) is 21.0. The van der Waals surface area contributed by atoms with Gasteiger partial charge in [-0.05, 0) is 172 Å². The van der Waals surface area contributed by atoms with Crippen LogP contribution in [-0.4, -0.2) is 67.2 Å². The van der Waals surface area contributed by atoms with E-state index in [1.54, 1.807) is 13.8 Å². The summed E-state index contributed by atoms with van der Waals surface area (Å²) in [6, 6.07) is 23.7. The van der Waals surface area contributed by atoms with Crippen LogP contribution in [0, 0.1) is 0 Å². The van der Waals surface area contributed by atoms with Gasteiger partial charge in [0.1, 0.15) is 23.0 Å². The molecule has 0 bridgehead atoms. The third kappa shape index (κ3) is 21.2. The van der Waals surface area contributed by atoms with Crippen molar-refractivity contribution in [2.24, 2.45) is 0 Å². The summed E-state index contributed by atoms with van der Waals surface area (Å²) in [4.78, 5) is 32.0. The lowest BCUT2D eigenvalue weighted by molar-refractivity contribution is -0.136. The molecular formula is C64H96N2O6. The molecular weight excluding hydrogens is 893 g/mol. The van der Waals surface area contributed by atoms with Crippen molar-refractivity contribution in [2.75, 3.05) is 13.1 Å². The predicted molar refractivity (Wildman–Crippen MR) is 299 cm³/mol. The van der Waals surface area contributed by atoms with Gasteiger partial charge >= 0.3 is 0 Å². The SMILES string of the molecule is CCCCCCc1cc(CCC(CCc2ccc(O)c(CCCCCC)c2)N(CCN(C(C)=O)C(CCc2ccc(O)c(CCCCCC)c2)CCc2ccc(O)c(CCCCCC)c2)C(C)=O)ccc1O. The molecule has 0 spiro atoms. The van der Waals surface area contributed by atoms with Crippen LogP contribution in [0.15, 0.2) is 72.8 Å². The highest BCUT2D eigenvalue weighted by Crippen LogP contribution is 2.29. The monoisotopic (exact) mass is 989 g/mol. The van der Waals surface area contributed by atoms with Crippen LogP contribution in [0.2, 0.25) is 0 Å². The minimum absolute atomic E-state index is 0.0178. The van der Waals surface area contributed by atoms with Gasteiger partial charge in [-0.2, -0.15) is 0 Å². The quantitative estimate of drug-likeness (QED) is 0.0334. The van der Waals surface area contributed by atoms with E-state index in [1.165, 1.54) is 25.7 Å². The van der Waals surface area contributed by atoms with E-state index in [1.807, 2.05) is 58.3 Å². The molecule has 0 atom stereocenters. The Hall–Kier alpha value is -4.98. The second-order valence-electron chi connectivity index (χ2n) is 21.0. The fourth-order valence-electron chi connectivity index (χ4n) is 10.6. The van der Waals surface area contributed by atoms with Crippen LogP contribution in [0.1, 0.15) is 214 Å². The third-order valence-corrected chi connectivity index (χ3v) is 15.1. The first kappa shape index (κ1) is 59.6. The number of carbonyl (C=O) groups is 2. The van der Waals surface area contributed by atoms with Crippen molar-refractivity contribution in [1.82, 2.24) is 9.80 Å². The van der Waals surface area contributed by atoms with Gasteiger partial charge in [-0.3, -0.25) is 9.59 Å². The summed E-state index contributed by atoms with van der Waals surface area (Å²) in [5, 5.41) is 43.2. The average molecular weight is 989 g/mol. The third-order valence-electron chi connectivity index (χ3n) is 15.1. The zero-order valence-corrected chi connectivity index (χ0v) is 45.8. The number of hydrogen-bond acceptors (Lipinski definition) is 6. The van der Waals surface area contributed by atoms with E-state index >= 15 is 0 Å². The molecule has 0 aromatic heterocycles. The maximum atomic E-state index is 14.0. The minimum Gasteiger partial charge on any atom is -0.508 e. The summed E-state index contributed by atoms with van der Waals surface area (Å²) in [7, 11) is 0. The first-order chi connectivity index (χ1) is 34.9. The molecule has 4 rings (SSSR count). The van der Waals surface area contributed by atoms with Crippen molar-refractivity contribution in [1.29, 1.82) is 0 Å². The highest BCUT2D eigenvalue weighted by atomic mass is 16.3. The normalized spacial score (nSPS) is 11.5. The standard InChI is InChI=1S/C64H96N2O6/c1-7-11-15-19-23-55-45-51(31-39-61(55)69)27-35-59(36-28-52-32-40-62(70)56(46-52)24-20-16-12-8-2)65(49(5)67)43-44-66(50(6)68)60(37-29-53-33-41-63(71)57(47-53)25-21-17-13-9-3)38-30-54-34-42-64(72)58(48-54)26-22-18-14-10-4/h31-34,39-42,45-48,59-60,69-72H,7-30,35-38,43-44H2,1-6H3. The van der Waals surface area contributed by atoms with E-state index in [-0.39, 0.29) is 23.9 Å². The summed E-state index contributed by atoms with van der Waals surface area (Å²) in [5.41, 5.74) is 8.50. The Kier molecular flexibility index (Phi) is 27.9. The highest BCUT2D eigenvalue weighted by Gasteiger charge is 2.27. The molecule has 0 unspecified atom stereocenters. The lowest BCUT2D eigenvalue weighted by Gasteiger charge is -2.36. The fraction of sp³-hybridized carbons (Fsp3) is 0.594. The molecule has 8 heteroatoms. The van der Waals surface area contributed by atoms with Crippen molar-refractivity contribution in [2.45, 2.75) is 233 Å². The van der Waals surface area contributed by atoms with Crippen molar-refractivity contribution in [3.05, 3.63) is 117 Å². The summed E-state index contributed by atoms with van der Waals surface area (Å²) in [6.07, 6.45) is 27.3. The Morgan fingerprint density at radius 2 is 0.597 bits per heavy atom. The van der Waals surface area contributed by atoms with Gasteiger partial charge in [0.25, 0.3) is 0 Å². The van der Waals surface area contributed by atoms with E-state index in [9.17, 15) is 30.0 Å². The molecule has 398 valence electrons. The Labute approximate surface area is 436 Å². The van der Waals surface area contributed by atoms with E-state index in [4.69, 9.17) is 0 Å². The molecule has 0 fully saturated rings. The molecule has 0 saturated carbocycles. The molecule has 4 aromatic carbocycles. The minimum atomic E-state index is -0.112. The van der Waals surface area contributed by atoms with Crippen LogP contribution in [-0.2, 0) is 61.0 Å². The summed E-state index contributed by atoms with van der Waals surface area (Å²) in [6.45, 7) is 12.9. The first-order valence-corrected chi connectivity index (χ1v) is 28.6. The largest absolute Gasteiger partial charge is 0.508 e. The van der Waals surface area contributed by atoms with Gasteiger partial charge in [-0.25, -0.2) is 0 Å². The Balaban J connectivity index is 1.62. The number of nitrogens with zero attached hydrogens (tertiary/aromatic N) is 2. The Bertz CT molecular complexity index is 1900. The second kappa shape index (κ2) is 33.7. The molecule has 0 aliphatic carbocycles. The molecule has 0 heterocycles. The molecule has 0 aliphatic rings. The maximum absolute atomic E-state index is 14.0. The van der Waals surface area contributed by atoms with Gasteiger partial charge in [0.15, 0.2) is 0 Å². The van der Waals surface area contributed by atoms with Crippen molar-refractivity contribution < 1.29 is 30.0 Å². The van der Waals surface area contributed by atoms with Crippen LogP contribution in [0.25, 0.3) is 0 Å². The van der Waals surface area contributed by atoms with Crippen LogP contribution >= 0.6 is 0 Å². The number of amides is 2. The lowest BCUT2D eigenvalue weighted by Crippen LogP contribution is -2.48.